The Balaban J connectivity index is 4.09. The molecule has 0 radical (unpaired) electrons. The predicted molar refractivity (Wildman–Crippen MR) is 86.1 cm³/mol. The molecule has 0 aromatic heterocycles. The molecule has 0 heterocycles. The predicted octanol–water partition coefficient (Wildman–Crippen LogP) is -3.13. The van der Waals surface area contributed by atoms with Gasteiger partial charge in [-0.25, -0.2) is 0 Å². The highest BCUT2D eigenvalue weighted by atomic mass is 16.6. The van der Waals surface area contributed by atoms with Gasteiger partial charge in [-0.1, -0.05) is 0 Å². The van der Waals surface area contributed by atoms with Crippen molar-refractivity contribution in [1.29, 1.82) is 0 Å². The van der Waals surface area contributed by atoms with E-state index < -0.39 is 37.6 Å². The molecular formula is C15H32O10. The van der Waals surface area contributed by atoms with Crippen LogP contribution >= 0.6 is 0 Å². The molecule has 0 aliphatic rings. The molecule has 0 fully saturated rings. The number of hydrogen-bond donors (Lipinski definition) is 6. The first-order valence-corrected chi connectivity index (χ1v) is 8.18. The Labute approximate surface area is 147 Å². The van der Waals surface area contributed by atoms with Gasteiger partial charge in [0.05, 0.1) is 65.6 Å². The Hall–Kier alpha value is -0.400. The summed E-state index contributed by atoms with van der Waals surface area (Å²) in [6.07, 6.45) is -3.82. The van der Waals surface area contributed by atoms with Crippen molar-refractivity contribution >= 4 is 0 Å². The zero-order chi connectivity index (χ0) is 19.1. The highest BCUT2D eigenvalue weighted by Gasteiger charge is 2.15. The molecular weight excluding hydrogens is 340 g/mol. The van der Waals surface area contributed by atoms with Crippen LogP contribution in [0.2, 0.25) is 0 Å². The molecule has 0 saturated carbocycles. The van der Waals surface area contributed by atoms with E-state index in [1.165, 1.54) is 0 Å². The summed E-state index contributed by atoms with van der Waals surface area (Å²) in [6.45, 7) is 0.707. The van der Waals surface area contributed by atoms with E-state index in [0.29, 0.717) is 0 Å². The second-order valence-corrected chi connectivity index (χ2v) is 5.68. The van der Waals surface area contributed by atoms with E-state index in [1.54, 1.807) is 6.92 Å². The van der Waals surface area contributed by atoms with Gasteiger partial charge in [0.25, 0.3) is 0 Å². The molecule has 0 aliphatic heterocycles. The standard InChI is InChI=1S/C15H32O10/c1-11(24-7-13(20)3-17)5-22-9-15(25-8-14(21)4-18)10-23-6-12(19)2-16/h11-21H,2-10H2,1H3. The van der Waals surface area contributed by atoms with Gasteiger partial charge in [-0.05, 0) is 6.92 Å². The zero-order valence-electron chi connectivity index (χ0n) is 14.6. The van der Waals surface area contributed by atoms with E-state index in [1.807, 2.05) is 0 Å². The monoisotopic (exact) mass is 372 g/mol. The fourth-order valence-corrected chi connectivity index (χ4v) is 1.57. The van der Waals surface area contributed by atoms with Crippen molar-refractivity contribution in [2.75, 3.05) is 59.5 Å². The van der Waals surface area contributed by atoms with Crippen LogP contribution < -0.4 is 0 Å². The van der Waals surface area contributed by atoms with Gasteiger partial charge < -0.3 is 49.6 Å². The van der Waals surface area contributed by atoms with Crippen LogP contribution in [0, 0.1) is 0 Å². The lowest BCUT2D eigenvalue weighted by atomic mass is 10.3. The van der Waals surface area contributed by atoms with Crippen molar-refractivity contribution in [3.63, 3.8) is 0 Å². The Bertz CT molecular complexity index is 293. The maximum Gasteiger partial charge on any atom is 0.104 e. The molecule has 152 valence electrons. The average Bonchev–Trinajstić information content (AvgIpc) is 2.62. The number of aliphatic hydroxyl groups is 6. The van der Waals surface area contributed by atoms with E-state index in [-0.39, 0.29) is 52.4 Å². The van der Waals surface area contributed by atoms with Crippen molar-refractivity contribution in [2.45, 2.75) is 37.4 Å². The fourth-order valence-electron chi connectivity index (χ4n) is 1.57. The van der Waals surface area contributed by atoms with Crippen molar-refractivity contribution in [3.8, 4) is 0 Å². The third-order valence-corrected chi connectivity index (χ3v) is 3.00. The summed E-state index contributed by atoms with van der Waals surface area (Å²) in [6, 6.07) is 0. The molecule has 0 bridgehead atoms. The molecule has 5 unspecified atom stereocenters. The molecule has 0 spiro atoms. The Morgan fingerprint density at radius 2 is 1.04 bits per heavy atom. The maximum atomic E-state index is 9.32. The van der Waals surface area contributed by atoms with E-state index >= 15 is 0 Å². The van der Waals surface area contributed by atoms with Gasteiger partial charge in [0.15, 0.2) is 0 Å². The topological polar surface area (TPSA) is 158 Å². The Morgan fingerprint density at radius 1 is 0.600 bits per heavy atom. The molecule has 25 heavy (non-hydrogen) atoms. The molecule has 6 N–H and O–H groups in total. The van der Waals surface area contributed by atoms with Gasteiger partial charge in [0.2, 0.25) is 0 Å². The van der Waals surface area contributed by atoms with E-state index in [2.05, 4.69) is 0 Å². The summed E-state index contributed by atoms with van der Waals surface area (Å²) in [5, 5.41) is 54.0. The van der Waals surface area contributed by atoms with Crippen LogP contribution in [0.25, 0.3) is 0 Å². The summed E-state index contributed by atoms with van der Waals surface area (Å²) >= 11 is 0. The van der Waals surface area contributed by atoms with Gasteiger partial charge in [-0.15, -0.1) is 0 Å². The lowest BCUT2D eigenvalue weighted by Gasteiger charge is -2.21. The SMILES string of the molecule is CC(COCC(COCC(O)CO)OCC(O)CO)OCC(O)CO. The maximum absolute atomic E-state index is 9.32. The first-order valence-electron chi connectivity index (χ1n) is 8.18. The van der Waals surface area contributed by atoms with Crippen LogP contribution in [-0.2, 0) is 18.9 Å². The Morgan fingerprint density at radius 3 is 1.56 bits per heavy atom. The molecule has 10 nitrogen and oxygen atoms in total. The second-order valence-electron chi connectivity index (χ2n) is 5.68. The van der Waals surface area contributed by atoms with Gasteiger partial charge in [0, 0.05) is 0 Å². The lowest BCUT2D eigenvalue weighted by molar-refractivity contribution is -0.109. The van der Waals surface area contributed by atoms with E-state index in [9.17, 15) is 15.3 Å². The van der Waals surface area contributed by atoms with Crippen molar-refractivity contribution in [3.05, 3.63) is 0 Å². The molecule has 0 saturated heterocycles. The van der Waals surface area contributed by atoms with Crippen LogP contribution in [0.15, 0.2) is 0 Å². The average molecular weight is 372 g/mol. The molecule has 0 aliphatic carbocycles. The van der Waals surface area contributed by atoms with Crippen molar-refractivity contribution in [2.24, 2.45) is 0 Å². The van der Waals surface area contributed by atoms with Crippen LogP contribution in [0.5, 0.6) is 0 Å². The molecule has 0 aromatic carbocycles. The third-order valence-electron chi connectivity index (χ3n) is 3.00. The quantitative estimate of drug-likeness (QED) is 0.154. The largest absolute Gasteiger partial charge is 0.394 e. The molecule has 0 amide bonds. The first-order chi connectivity index (χ1) is 11.9. The number of hydrogen-bond acceptors (Lipinski definition) is 10. The highest BCUT2D eigenvalue weighted by Crippen LogP contribution is 2.01. The molecule has 0 rings (SSSR count). The summed E-state index contributed by atoms with van der Waals surface area (Å²) in [7, 11) is 0. The third kappa shape index (κ3) is 14.5. The highest BCUT2D eigenvalue weighted by molar-refractivity contribution is 4.61. The molecule has 0 aromatic rings. The van der Waals surface area contributed by atoms with Gasteiger partial charge in [-0.2, -0.15) is 0 Å². The van der Waals surface area contributed by atoms with Crippen molar-refractivity contribution in [1.82, 2.24) is 0 Å². The second kappa shape index (κ2) is 15.8. The number of ether oxygens (including phenoxy) is 4. The summed E-state index contributed by atoms with van der Waals surface area (Å²) in [5.41, 5.74) is 0. The van der Waals surface area contributed by atoms with Crippen LogP contribution in [0.1, 0.15) is 6.92 Å². The van der Waals surface area contributed by atoms with Gasteiger partial charge in [-0.3, -0.25) is 0 Å². The van der Waals surface area contributed by atoms with Gasteiger partial charge >= 0.3 is 0 Å². The van der Waals surface area contributed by atoms with Crippen molar-refractivity contribution < 1.29 is 49.6 Å². The van der Waals surface area contributed by atoms with E-state index in [0.717, 1.165) is 0 Å². The van der Waals surface area contributed by atoms with Crippen LogP contribution in [0.3, 0.4) is 0 Å². The summed E-state index contributed by atoms with van der Waals surface area (Å²) in [5.74, 6) is 0. The lowest BCUT2D eigenvalue weighted by Crippen LogP contribution is -2.33. The Kier molecular flexibility index (Phi) is 15.6. The number of aliphatic hydroxyl groups excluding tert-OH is 6. The minimum atomic E-state index is -1.02. The van der Waals surface area contributed by atoms with Crippen LogP contribution in [-0.4, -0.2) is 121 Å². The summed E-state index contributed by atoms with van der Waals surface area (Å²) < 4.78 is 21.3. The minimum absolute atomic E-state index is 0.00813. The normalized spacial score (nSPS) is 17.9. The zero-order valence-corrected chi connectivity index (χ0v) is 14.6. The number of rotatable bonds is 17. The first kappa shape index (κ1) is 24.6. The van der Waals surface area contributed by atoms with Crippen LogP contribution in [0.4, 0.5) is 0 Å². The summed E-state index contributed by atoms with van der Waals surface area (Å²) in [4.78, 5) is 0. The van der Waals surface area contributed by atoms with Gasteiger partial charge in [0.1, 0.15) is 24.4 Å². The minimum Gasteiger partial charge on any atom is -0.394 e. The molecule has 5 atom stereocenters. The van der Waals surface area contributed by atoms with E-state index in [4.69, 9.17) is 34.3 Å². The fraction of sp³-hybridized carbons (Fsp3) is 1.00. The molecule has 10 heteroatoms. The smallest absolute Gasteiger partial charge is 0.104 e.